The Bertz CT molecular complexity index is 644. The number of rotatable bonds is 5. The number of benzene rings is 1. The summed E-state index contributed by atoms with van der Waals surface area (Å²) in [4.78, 5) is 8.44. The zero-order valence-corrected chi connectivity index (χ0v) is 13.5. The van der Waals surface area contributed by atoms with Crippen molar-refractivity contribution in [2.45, 2.75) is 34.3 Å². The van der Waals surface area contributed by atoms with Crippen LogP contribution in [0.4, 0.5) is 0 Å². The van der Waals surface area contributed by atoms with Crippen LogP contribution in [0.2, 0.25) is 5.15 Å². The average Bonchev–Trinajstić information content (AvgIpc) is 2.41. The monoisotopic (exact) mass is 306 g/mol. The van der Waals surface area contributed by atoms with E-state index in [1.165, 1.54) is 5.56 Å². The molecule has 0 saturated carbocycles. The summed E-state index contributed by atoms with van der Waals surface area (Å²) in [5, 5.41) is 0.344. The molecule has 1 heterocycles. The molecule has 0 radical (unpaired) electrons. The maximum absolute atomic E-state index is 6.01. The van der Waals surface area contributed by atoms with Crippen molar-refractivity contribution in [1.82, 2.24) is 9.97 Å². The molecule has 0 N–H and O–H groups in total. The summed E-state index contributed by atoms with van der Waals surface area (Å²) >= 11 is 6.01. The number of ether oxygens (including phenoxy) is 2. The van der Waals surface area contributed by atoms with Gasteiger partial charge in [-0.25, -0.2) is 4.98 Å². The fourth-order valence-corrected chi connectivity index (χ4v) is 2.16. The highest BCUT2D eigenvalue weighted by molar-refractivity contribution is 6.29. The Morgan fingerprint density at radius 3 is 2.57 bits per heavy atom. The van der Waals surface area contributed by atoms with Crippen LogP contribution in [0.1, 0.15) is 29.4 Å². The minimum atomic E-state index is 0.319. The Morgan fingerprint density at radius 2 is 1.86 bits per heavy atom. The minimum absolute atomic E-state index is 0.319. The van der Waals surface area contributed by atoms with Crippen molar-refractivity contribution in [2.24, 2.45) is 0 Å². The van der Waals surface area contributed by atoms with Gasteiger partial charge >= 0.3 is 0 Å². The van der Waals surface area contributed by atoms with E-state index in [2.05, 4.69) is 23.0 Å². The normalized spacial score (nSPS) is 10.7. The van der Waals surface area contributed by atoms with Crippen LogP contribution in [0.5, 0.6) is 11.6 Å². The topological polar surface area (TPSA) is 44.2 Å². The molecule has 21 heavy (non-hydrogen) atoms. The van der Waals surface area contributed by atoms with E-state index in [4.69, 9.17) is 21.1 Å². The van der Waals surface area contributed by atoms with Gasteiger partial charge in [0, 0.05) is 12.7 Å². The molecule has 0 fully saturated rings. The summed E-state index contributed by atoms with van der Waals surface area (Å²) in [7, 11) is 0. The van der Waals surface area contributed by atoms with Crippen molar-refractivity contribution in [3.05, 3.63) is 45.9 Å². The van der Waals surface area contributed by atoms with Crippen molar-refractivity contribution >= 4 is 11.6 Å². The molecule has 0 spiro atoms. The number of aryl methyl sites for hydroxylation is 2. The molecule has 0 aliphatic heterocycles. The summed E-state index contributed by atoms with van der Waals surface area (Å²) in [6.07, 6.45) is 0. The smallest absolute Gasteiger partial charge is 0.224 e. The fraction of sp³-hybridized carbons (Fsp3) is 0.375. The van der Waals surface area contributed by atoms with Crippen LogP contribution in [-0.4, -0.2) is 16.6 Å². The highest BCUT2D eigenvalue weighted by Gasteiger charge is 2.09. The Morgan fingerprint density at radius 1 is 1.10 bits per heavy atom. The Kier molecular flexibility index (Phi) is 5.15. The second-order valence-corrected chi connectivity index (χ2v) is 5.28. The molecule has 4 nitrogen and oxygen atoms in total. The standard InChI is InChI=1S/C16H19ClN2O2/c1-5-20-9-15-18-14(17)8-16(19-15)21-13-7-10(2)6-11(3)12(13)4/h6-8H,5,9H2,1-4H3. The van der Waals surface area contributed by atoms with E-state index in [0.717, 1.165) is 16.9 Å². The van der Waals surface area contributed by atoms with Gasteiger partial charge in [0.05, 0.1) is 0 Å². The van der Waals surface area contributed by atoms with Crippen LogP contribution in [-0.2, 0) is 11.3 Å². The molecule has 0 amide bonds. The highest BCUT2D eigenvalue weighted by Crippen LogP contribution is 2.28. The molecule has 0 unspecified atom stereocenters. The Balaban J connectivity index is 2.29. The molecule has 1 aromatic heterocycles. The van der Waals surface area contributed by atoms with Gasteiger partial charge in [-0.3, -0.25) is 0 Å². The second kappa shape index (κ2) is 6.87. The molecule has 2 rings (SSSR count). The lowest BCUT2D eigenvalue weighted by Gasteiger charge is -2.12. The molecule has 5 heteroatoms. The summed E-state index contributed by atoms with van der Waals surface area (Å²) in [6, 6.07) is 5.71. The largest absolute Gasteiger partial charge is 0.439 e. The number of halogens is 1. The maximum Gasteiger partial charge on any atom is 0.224 e. The quantitative estimate of drug-likeness (QED) is 0.769. The van der Waals surface area contributed by atoms with E-state index in [1.807, 2.05) is 26.8 Å². The van der Waals surface area contributed by atoms with Crippen molar-refractivity contribution in [1.29, 1.82) is 0 Å². The number of hydrogen-bond acceptors (Lipinski definition) is 4. The van der Waals surface area contributed by atoms with Gasteiger partial charge in [-0.05, 0) is 50.5 Å². The molecular weight excluding hydrogens is 288 g/mol. The van der Waals surface area contributed by atoms with Gasteiger partial charge < -0.3 is 9.47 Å². The van der Waals surface area contributed by atoms with Crippen molar-refractivity contribution in [3.8, 4) is 11.6 Å². The van der Waals surface area contributed by atoms with Gasteiger partial charge in [0.15, 0.2) is 5.82 Å². The first-order valence-corrected chi connectivity index (χ1v) is 7.24. The molecular formula is C16H19ClN2O2. The van der Waals surface area contributed by atoms with Gasteiger partial charge in [0.2, 0.25) is 5.88 Å². The van der Waals surface area contributed by atoms with Gasteiger partial charge in [-0.1, -0.05) is 17.7 Å². The van der Waals surface area contributed by atoms with E-state index < -0.39 is 0 Å². The van der Waals surface area contributed by atoms with Crippen LogP contribution in [0, 0.1) is 20.8 Å². The first kappa shape index (κ1) is 15.7. The molecule has 0 bridgehead atoms. The van der Waals surface area contributed by atoms with Crippen LogP contribution in [0.15, 0.2) is 18.2 Å². The zero-order chi connectivity index (χ0) is 15.4. The summed E-state index contributed by atoms with van der Waals surface area (Å²) in [6.45, 7) is 8.95. The van der Waals surface area contributed by atoms with Crippen LogP contribution >= 0.6 is 11.6 Å². The predicted molar refractivity (Wildman–Crippen MR) is 83.1 cm³/mol. The highest BCUT2D eigenvalue weighted by atomic mass is 35.5. The molecule has 2 aromatic rings. The number of hydrogen-bond donors (Lipinski definition) is 0. The van der Waals surface area contributed by atoms with Gasteiger partial charge in [0.25, 0.3) is 0 Å². The molecule has 0 saturated heterocycles. The third-order valence-electron chi connectivity index (χ3n) is 3.13. The van der Waals surface area contributed by atoms with Crippen molar-refractivity contribution in [2.75, 3.05) is 6.61 Å². The summed E-state index contributed by atoms with van der Waals surface area (Å²) in [5.41, 5.74) is 3.41. The van der Waals surface area contributed by atoms with E-state index in [1.54, 1.807) is 6.07 Å². The van der Waals surface area contributed by atoms with Crippen molar-refractivity contribution < 1.29 is 9.47 Å². The maximum atomic E-state index is 6.01. The lowest BCUT2D eigenvalue weighted by atomic mass is 10.1. The molecule has 1 aromatic carbocycles. The molecule has 0 aliphatic carbocycles. The molecule has 0 aliphatic rings. The Labute approximate surface area is 130 Å². The summed E-state index contributed by atoms with van der Waals surface area (Å²) < 4.78 is 11.2. The third kappa shape index (κ3) is 4.16. The van der Waals surface area contributed by atoms with Gasteiger partial charge in [0.1, 0.15) is 17.5 Å². The minimum Gasteiger partial charge on any atom is -0.439 e. The van der Waals surface area contributed by atoms with E-state index in [9.17, 15) is 0 Å². The van der Waals surface area contributed by atoms with Crippen LogP contribution in [0.3, 0.4) is 0 Å². The van der Waals surface area contributed by atoms with Crippen LogP contribution < -0.4 is 4.74 Å². The first-order chi connectivity index (χ1) is 9.99. The van der Waals surface area contributed by atoms with Gasteiger partial charge in [-0.15, -0.1) is 0 Å². The van der Waals surface area contributed by atoms with Gasteiger partial charge in [-0.2, -0.15) is 4.98 Å². The molecule has 0 atom stereocenters. The SMILES string of the molecule is CCOCc1nc(Cl)cc(Oc2cc(C)cc(C)c2C)n1. The Hall–Kier alpha value is -1.65. The lowest BCUT2D eigenvalue weighted by molar-refractivity contribution is 0.128. The van der Waals surface area contributed by atoms with E-state index in [-0.39, 0.29) is 0 Å². The summed E-state index contributed by atoms with van der Waals surface area (Å²) in [5.74, 6) is 1.73. The third-order valence-corrected chi connectivity index (χ3v) is 3.33. The first-order valence-electron chi connectivity index (χ1n) is 6.86. The number of nitrogens with zero attached hydrogens (tertiary/aromatic N) is 2. The zero-order valence-electron chi connectivity index (χ0n) is 12.7. The number of aromatic nitrogens is 2. The fourth-order valence-electron chi connectivity index (χ4n) is 1.97. The average molecular weight is 307 g/mol. The van der Waals surface area contributed by atoms with E-state index >= 15 is 0 Å². The lowest BCUT2D eigenvalue weighted by Crippen LogP contribution is -2.01. The second-order valence-electron chi connectivity index (χ2n) is 4.89. The predicted octanol–water partition coefficient (Wildman–Crippen LogP) is 4.38. The van der Waals surface area contributed by atoms with Crippen molar-refractivity contribution in [3.63, 3.8) is 0 Å². The molecule has 112 valence electrons. The van der Waals surface area contributed by atoms with Crippen LogP contribution in [0.25, 0.3) is 0 Å². The van der Waals surface area contributed by atoms with E-state index in [0.29, 0.717) is 30.1 Å².